The SMILES string of the molecule is CC.COC(OC)C1CCN(c2ccc(C(N)=O)cc2F)CC1.Cc1ccc(OC2C(C)(C)CC2(C)C)c2c(=O)cc[nH]c12. The topological polar surface area (TPSA) is 107 Å². The smallest absolute Gasteiger partial charge is 0.248 e. The molecule has 1 aromatic heterocycles. The lowest BCUT2D eigenvalue weighted by molar-refractivity contribution is -0.141. The van der Waals surface area contributed by atoms with Crippen molar-refractivity contribution in [2.75, 3.05) is 32.2 Å². The molecule has 5 rings (SSSR count). The zero-order valence-electron chi connectivity index (χ0n) is 27.8. The molecule has 1 amide bonds. The number of benzene rings is 2. The molecule has 0 unspecified atom stereocenters. The molecule has 1 saturated carbocycles. The Kier molecular flexibility index (Phi) is 11.6. The number of halogens is 1. The van der Waals surface area contributed by atoms with E-state index in [9.17, 15) is 14.0 Å². The van der Waals surface area contributed by atoms with Crippen LogP contribution in [0.15, 0.2) is 47.4 Å². The van der Waals surface area contributed by atoms with E-state index in [1.807, 2.05) is 37.8 Å². The first-order chi connectivity index (χ1) is 20.8. The molecule has 2 aliphatic rings. The van der Waals surface area contributed by atoms with E-state index in [0.29, 0.717) is 22.7 Å². The number of hydrogen-bond donors (Lipinski definition) is 2. The van der Waals surface area contributed by atoms with E-state index in [4.69, 9.17) is 19.9 Å². The van der Waals surface area contributed by atoms with E-state index < -0.39 is 11.7 Å². The van der Waals surface area contributed by atoms with Crippen molar-refractivity contribution in [1.29, 1.82) is 0 Å². The van der Waals surface area contributed by atoms with Crippen LogP contribution in [-0.2, 0) is 9.47 Å². The van der Waals surface area contributed by atoms with Gasteiger partial charge in [-0.1, -0.05) is 47.6 Å². The normalized spacial score (nSPS) is 17.7. The number of carbonyl (C=O) groups excluding carboxylic acids is 1. The third kappa shape index (κ3) is 7.61. The van der Waals surface area contributed by atoms with Gasteiger partial charge < -0.3 is 29.8 Å². The summed E-state index contributed by atoms with van der Waals surface area (Å²) in [7, 11) is 3.26. The van der Waals surface area contributed by atoms with Crippen molar-refractivity contribution >= 4 is 22.5 Å². The van der Waals surface area contributed by atoms with Gasteiger partial charge in [0.2, 0.25) is 5.91 Å². The van der Waals surface area contributed by atoms with Gasteiger partial charge in [-0.2, -0.15) is 0 Å². The van der Waals surface area contributed by atoms with Gasteiger partial charge in [-0.3, -0.25) is 9.59 Å². The molecule has 1 saturated heterocycles. The van der Waals surface area contributed by atoms with Crippen molar-refractivity contribution in [3.05, 3.63) is 69.8 Å². The number of pyridine rings is 1. The summed E-state index contributed by atoms with van der Waals surface area (Å²) < 4.78 is 31.0. The van der Waals surface area contributed by atoms with Gasteiger partial charge in [0, 0.05) is 61.9 Å². The number of H-pyrrole nitrogens is 1. The second kappa shape index (κ2) is 14.6. The van der Waals surface area contributed by atoms with Gasteiger partial charge in [0.1, 0.15) is 17.7 Å². The minimum Gasteiger partial charge on any atom is -0.488 e. The Hall–Kier alpha value is -3.43. The van der Waals surface area contributed by atoms with Crippen molar-refractivity contribution in [3.63, 3.8) is 0 Å². The zero-order valence-corrected chi connectivity index (χ0v) is 27.8. The largest absolute Gasteiger partial charge is 0.488 e. The van der Waals surface area contributed by atoms with Crippen LogP contribution in [0.4, 0.5) is 10.1 Å². The van der Waals surface area contributed by atoms with Crippen molar-refractivity contribution in [2.24, 2.45) is 22.5 Å². The molecule has 2 fully saturated rings. The number of piperidine rings is 1. The maximum absolute atomic E-state index is 14.1. The van der Waals surface area contributed by atoms with Gasteiger partial charge in [0.05, 0.1) is 16.6 Å². The third-order valence-corrected chi connectivity index (χ3v) is 8.62. The van der Waals surface area contributed by atoms with Crippen molar-refractivity contribution < 1.29 is 23.4 Å². The molecule has 1 aliphatic heterocycles. The van der Waals surface area contributed by atoms with Crippen LogP contribution in [0.5, 0.6) is 5.75 Å². The van der Waals surface area contributed by atoms with E-state index >= 15 is 0 Å². The number of hydrogen-bond acceptors (Lipinski definition) is 6. The summed E-state index contributed by atoms with van der Waals surface area (Å²) in [5.74, 6) is -0.0329. The number of aryl methyl sites for hydroxylation is 1. The van der Waals surface area contributed by atoms with Crippen LogP contribution in [0.2, 0.25) is 0 Å². The molecule has 2 heterocycles. The Morgan fingerprint density at radius 3 is 2.16 bits per heavy atom. The monoisotopic (exact) mass is 611 g/mol. The van der Waals surface area contributed by atoms with Crippen LogP contribution < -0.4 is 20.8 Å². The van der Waals surface area contributed by atoms with E-state index in [1.165, 1.54) is 6.07 Å². The lowest BCUT2D eigenvalue weighted by Gasteiger charge is -2.56. The summed E-state index contributed by atoms with van der Waals surface area (Å²) >= 11 is 0. The molecule has 0 spiro atoms. The van der Waals surface area contributed by atoms with E-state index in [1.54, 1.807) is 38.6 Å². The van der Waals surface area contributed by atoms with Gasteiger partial charge in [0.15, 0.2) is 11.7 Å². The first-order valence-corrected chi connectivity index (χ1v) is 15.5. The fourth-order valence-corrected chi connectivity index (χ4v) is 7.04. The van der Waals surface area contributed by atoms with Crippen LogP contribution in [0.3, 0.4) is 0 Å². The Morgan fingerprint density at radius 1 is 1.02 bits per heavy atom. The molecule has 8 nitrogen and oxygen atoms in total. The Bertz CT molecular complexity index is 1460. The maximum atomic E-state index is 14.1. The number of anilines is 1. The standard InChI is InChI=1S/C18H23NO2.C15H21FN2O3.C2H6/c1-11-6-7-13(14-12(20)8-9-19-15(11)14)21-16-17(2,3)10-18(16,4)5;1-20-15(21-2)10-5-7-18(8-6-10)13-4-3-11(14(17)19)9-12(13)16;1-2/h6-9,16H,10H2,1-5H3,(H,19,20);3-4,9-10,15H,5-8H2,1-2H3,(H2,17,19);1-2H3. The van der Waals surface area contributed by atoms with Gasteiger partial charge in [0.25, 0.3) is 0 Å². The number of primary amides is 1. The average molecular weight is 612 g/mol. The number of ether oxygens (including phenoxy) is 3. The summed E-state index contributed by atoms with van der Waals surface area (Å²) in [5, 5.41) is 0.663. The van der Waals surface area contributed by atoms with Gasteiger partial charge >= 0.3 is 0 Å². The molecule has 1 aliphatic carbocycles. The number of rotatable bonds is 7. The highest BCUT2D eigenvalue weighted by molar-refractivity contribution is 5.93. The Balaban J connectivity index is 0.000000228. The number of methoxy groups -OCH3 is 2. The van der Waals surface area contributed by atoms with Crippen LogP contribution in [0.25, 0.3) is 10.9 Å². The molecule has 3 N–H and O–H groups in total. The highest BCUT2D eigenvalue weighted by Gasteiger charge is 2.55. The molecule has 44 heavy (non-hydrogen) atoms. The fourth-order valence-electron chi connectivity index (χ4n) is 7.04. The molecule has 0 atom stereocenters. The predicted molar refractivity (Wildman–Crippen MR) is 175 cm³/mol. The number of fused-ring (bicyclic) bond motifs is 1. The van der Waals surface area contributed by atoms with E-state index in [0.717, 1.165) is 43.4 Å². The second-order valence-corrected chi connectivity index (χ2v) is 12.8. The first-order valence-electron chi connectivity index (χ1n) is 15.5. The van der Waals surface area contributed by atoms with Crippen LogP contribution in [-0.4, -0.2) is 50.6 Å². The van der Waals surface area contributed by atoms with Gasteiger partial charge in [-0.15, -0.1) is 0 Å². The number of amides is 1. The van der Waals surface area contributed by atoms with Gasteiger partial charge in [-0.25, -0.2) is 4.39 Å². The quantitative estimate of drug-likeness (QED) is 0.284. The number of nitrogens with two attached hydrogens (primary N) is 1. The maximum Gasteiger partial charge on any atom is 0.248 e. The summed E-state index contributed by atoms with van der Waals surface area (Å²) in [6, 6.07) is 9.85. The molecule has 2 aromatic carbocycles. The van der Waals surface area contributed by atoms with E-state index in [-0.39, 0.29) is 34.2 Å². The molecular formula is C35H50FN3O5. The average Bonchev–Trinajstić information content (AvgIpc) is 2.99. The lowest BCUT2D eigenvalue weighted by atomic mass is 9.53. The molecule has 9 heteroatoms. The number of nitrogens with one attached hydrogen (secondary N) is 1. The summed E-state index contributed by atoms with van der Waals surface area (Å²) in [4.78, 5) is 28.4. The first kappa shape index (κ1) is 35.1. The van der Waals surface area contributed by atoms with Crippen LogP contribution >= 0.6 is 0 Å². The fraction of sp³-hybridized carbons (Fsp3) is 0.543. The summed E-state index contributed by atoms with van der Waals surface area (Å²) in [6.45, 7) is 16.3. The molecular weight excluding hydrogens is 561 g/mol. The molecule has 242 valence electrons. The van der Waals surface area contributed by atoms with Crippen molar-refractivity contribution in [3.8, 4) is 5.75 Å². The number of nitrogens with zero attached hydrogens (tertiary/aromatic N) is 1. The number of aromatic amines is 1. The lowest BCUT2D eigenvalue weighted by Crippen LogP contribution is -2.58. The van der Waals surface area contributed by atoms with Crippen molar-refractivity contribution in [2.45, 2.75) is 80.1 Å². The van der Waals surface area contributed by atoms with Gasteiger partial charge in [-0.05, 0) is 56.0 Å². The third-order valence-electron chi connectivity index (χ3n) is 8.62. The highest BCUT2D eigenvalue weighted by Crippen LogP contribution is 2.55. The van der Waals surface area contributed by atoms with Crippen molar-refractivity contribution in [1.82, 2.24) is 4.98 Å². The second-order valence-electron chi connectivity index (χ2n) is 12.8. The minimum absolute atomic E-state index is 0.0115. The predicted octanol–water partition coefficient (Wildman–Crippen LogP) is 6.83. The molecule has 0 bridgehead atoms. The molecule has 0 radical (unpaired) electrons. The minimum atomic E-state index is -0.623. The summed E-state index contributed by atoms with van der Waals surface area (Å²) in [5.41, 5.74) is 8.06. The zero-order chi connectivity index (χ0) is 32.8. The highest BCUT2D eigenvalue weighted by atomic mass is 19.1. The number of aromatic nitrogens is 1. The Labute approximate surface area is 261 Å². The van der Waals surface area contributed by atoms with E-state index in [2.05, 4.69) is 32.7 Å². The number of carbonyl (C=O) groups is 1. The Morgan fingerprint density at radius 2 is 1.64 bits per heavy atom. The summed E-state index contributed by atoms with van der Waals surface area (Å²) in [6.07, 6.45) is 4.46. The molecule has 3 aromatic rings. The van der Waals surface area contributed by atoms with Crippen LogP contribution in [0.1, 0.15) is 76.7 Å². The van der Waals surface area contributed by atoms with Crippen LogP contribution in [0, 0.1) is 29.5 Å².